The van der Waals surface area contributed by atoms with Crippen molar-refractivity contribution in [3.05, 3.63) is 59.4 Å². The molecule has 0 spiro atoms. The van der Waals surface area contributed by atoms with Crippen molar-refractivity contribution in [2.75, 3.05) is 7.05 Å². The maximum atomic E-state index is 5.92. The zero-order valence-electron chi connectivity index (χ0n) is 14.8. The van der Waals surface area contributed by atoms with Crippen molar-refractivity contribution in [3.63, 3.8) is 0 Å². The molecule has 2 aliphatic heterocycles. The molecule has 1 unspecified atom stereocenters. The van der Waals surface area contributed by atoms with Gasteiger partial charge in [-0.25, -0.2) is 4.99 Å². The lowest BCUT2D eigenvalue weighted by molar-refractivity contribution is 0.543. The molecule has 0 saturated carbocycles. The third-order valence-corrected chi connectivity index (χ3v) is 4.20. The van der Waals surface area contributed by atoms with Gasteiger partial charge in [0, 0.05) is 53.7 Å². The van der Waals surface area contributed by atoms with Crippen molar-refractivity contribution < 1.29 is 0 Å². The highest BCUT2D eigenvalue weighted by Crippen LogP contribution is 2.27. The van der Waals surface area contributed by atoms with E-state index >= 15 is 0 Å². The Morgan fingerprint density at radius 3 is 2.62 bits per heavy atom. The van der Waals surface area contributed by atoms with Crippen LogP contribution < -0.4 is 16.8 Å². The average molecular weight is 326 g/mol. The van der Waals surface area contributed by atoms with Gasteiger partial charge in [0.1, 0.15) is 5.84 Å². The summed E-state index contributed by atoms with van der Waals surface area (Å²) in [5.74, 6) is 1.18. The number of rotatable bonds is 5. The second kappa shape index (κ2) is 6.78. The lowest BCUT2D eigenvalue weighted by Gasteiger charge is -2.23. The van der Waals surface area contributed by atoms with Gasteiger partial charge in [-0.05, 0) is 32.4 Å². The molecule has 24 heavy (non-hydrogen) atoms. The van der Waals surface area contributed by atoms with Crippen LogP contribution in [0.5, 0.6) is 0 Å². The molecule has 0 bridgehead atoms. The molecule has 0 aromatic heterocycles. The molecular weight excluding hydrogens is 300 g/mol. The Kier molecular flexibility index (Phi) is 4.97. The first kappa shape index (κ1) is 17.6. The van der Waals surface area contributed by atoms with Crippen LogP contribution in [0.15, 0.2) is 69.5 Å². The van der Waals surface area contributed by atoms with Crippen LogP contribution in [0, 0.1) is 5.92 Å². The Balaban J connectivity index is 2.19. The Labute approximate surface area is 143 Å². The maximum absolute atomic E-state index is 5.92. The molecule has 0 aromatic carbocycles. The van der Waals surface area contributed by atoms with E-state index in [0.717, 1.165) is 40.5 Å². The molecule has 2 aliphatic rings. The summed E-state index contributed by atoms with van der Waals surface area (Å²) in [6.45, 7) is 13.7. The van der Waals surface area contributed by atoms with E-state index in [1.54, 1.807) is 0 Å². The molecule has 0 amide bonds. The number of hydrazone groups is 1. The van der Waals surface area contributed by atoms with Crippen molar-refractivity contribution in [3.8, 4) is 0 Å². The molecule has 6 heteroatoms. The lowest BCUT2D eigenvalue weighted by Crippen LogP contribution is -2.30. The maximum Gasteiger partial charge on any atom is 0.133 e. The van der Waals surface area contributed by atoms with Gasteiger partial charge in [-0.15, -0.1) is 0 Å². The largest absolute Gasteiger partial charge is 0.402 e. The second-order valence-corrected chi connectivity index (χ2v) is 6.22. The minimum atomic E-state index is 0.205. The van der Waals surface area contributed by atoms with Crippen molar-refractivity contribution in [2.24, 2.45) is 27.5 Å². The number of amidine groups is 1. The van der Waals surface area contributed by atoms with Gasteiger partial charge in [-0.3, -0.25) is 5.01 Å². The third-order valence-electron chi connectivity index (χ3n) is 4.20. The normalized spacial score (nSPS) is 21.3. The van der Waals surface area contributed by atoms with Gasteiger partial charge < -0.3 is 16.8 Å². The first-order valence-corrected chi connectivity index (χ1v) is 7.82. The number of aliphatic imine (C=N–C) groups is 1. The molecule has 128 valence electrons. The number of fused-ring (bicyclic) bond motifs is 1. The average Bonchev–Trinajstić information content (AvgIpc) is 2.78. The Morgan fingerprint density at radius 1 is 1.38 bits per heavy atom. The van der Waals surface area contributed by atoms with Crippen LogP contribution in [0.1, 0.15) is 27.2 Å². The van der Waals surface area contributed by atoms with E-state index in [-0.39, 0.29) is 5.92 Å². The zero-order valence-corrected chi connectivity index (χ0v) is 14.8. The quantitative estimate of drug-likeness (QED) is 0.676. The van der Waals surface area contributed by atoms with E-state index in [0.29, 0.717) is 11.4 Å². The summed E-state index contributed by atoms with van der Waals surface area (Å²) in [4.78, 5) is 4.51. The van der Waals surface area contributed by atoms with Crippen LogP contribution in [0.25, 0.3) is 0 Å². The van der Waals surface area contributed by atoms with Crippen LogP contribution in [0.4, 0.5) is 0 Å². The SMILES string of the molecule is C=C(N)/C(=C/C(C)=C(\C)N)C(=C)NC1=CN=C2C(C1)C(C)=NN2C. The summed E-state index contributed by atoms with van der Waals surface area (Å²) in [6, 6.07) is 0. The number of hydrogen-bond donors (Lipinski definition) is 3. The fourth-order valence-corrected chi connectivity index (χ4v) is 2.65. The van der Waals surface area contributed by atoms with Crippen molar-refractivity contribution in [1.82, 2.24) is 10.3 Å². The van der Waals surface area contributed by atoms with Crippen LogP contribution >= 0.6 is 0 Å². The number of nitrogens with one attached hydrogen (secondary N) is 1. The molecule has 0 aliphatic carbocycles. The molecule has 1 atom stereocenters. The predicted octanol–water partition coefficient (Wildman–Crippen LogP) is 2.32. The topological polar surface area (TPSA) is 92.0 Å². The van der Waals surface area contributed by atoms with E-state index in [4.69, 9.17) is 11.5 Å². The van der Waals surface area contributed by atoms with Crippen molar-refractivity contribution in [2.45, 2.75) is 27.2 Å². The molecule has 0 aromatic rings. The van der Waals surface area contributed by atoms with E-state index in [1.165, 1.54) is 0 Å². The molecular formula is C18H26N6. The Bertz CT molecular complexity index is 729. The molecule has 2 heterocycles. The smallest absolute Gasteiger partial charge is 0.133 e. The van der Waals surface area contributed by atoms with Crippen LogP contribution in [0.3, 0.4) is 0 Å². The fourth-order valence-electron chi connectivity index (χ4n) is 2.65. The predicted molar refractivity (Wildman–Crippen MR) is 101 cm³/mol. The lowest BCUT2D eigenvalue weighted by atomic mass is 9.96. The molecule has 0 saturated heterocycles. The molecule has 0 radical (unpaired) electrons. The molecule has 2 rings (SSSR count). The fraction of sp³-hybridized carbons (Fsp3) is 0.333. The minimum Gasteiger partial charge on any atom is -0.402 e. The highest BCUT2D eigenvalue weighted by molar-refractivity contribution is 6.09. The summed E-state index contributed by atoms with van der Waals surface area (Å²) in [5.41, 5.74) is 17.3. The van der Waals surface area contributed by atoms with Gasteiger partial charge in [-0.1, -0.05) is 13.2 Å². The minimum absolute atomic E-state index is 0.205. The third kappa shape index (κ3) is 3.59. The summed E-state index contributed by atoms with van der Waals surface area (Å²) in [6.07, 6.45) is 4.50. The van der Waals surface area contributed by atoms with Crippen LogP contribution in [-0.2, 0) is 0 Å². The van der Waals surface area contributed by atoms with Gasteiger partial charge >= 0.3 is 0 Å². The molecule has 5 N–H and O–H groups in total. The molecule has 6 nitrogen and oxygen atoms in total. The van der Waals surface area contributed by atoms with Gasteiger partial charge in [0.05, 0.1) is 5.92 Å². The number of nitrogens with zero attached hydrogens (tertiary/aromatic N) is 3. The van der Waals surface area contributed by atoms with Crippen LogP contribution in [-0.4, -0.2) is 23.6 Å². The summed E-state index contributed by atoms with van der Waals surface area (Å²) >= 11 is 0. The first-order valence-electron chi connectivity index (χ1n) is 7.82. The highest BCUT2D eigenvalue weighted by atomic mass is 15.5. The standard InChI is InChI=1S/C18H26N6/c1-10(11(2)19)7-16(12(3)20)13(4)22-15-8-17-14(5)23-24(6)18(17)21-9-15/h7,9,17,22H,3-4,8,19-20H2,1-2,5-6H3/b11-10+,16-7-. The second-order valence-electron chi connectivity index (χ2n) is 6.22. The first-order chi connectivity index (χ1) is 11.2. The number of allylic oxidation sites excluding steroid dienone is 4. The van der Waals surface area contributed by atoms with E-state index in [9.17, 15) is 0 Å². The number of nitrogens with two attached hydrogens (primary N) is 2. The zero-order chi connectivity index (χ0) is 18.0. The van der Waals surface area contributed by atoms with Gasteiger partial charge in [0.2, 0.25) is 0 Å². The summed E-state index contributed by atoms with van der Waals surface area (Å²) in [5, 5.41) is 9.57. The van der Waals surface area contributed by atoms with E-state index < -0.39 is 0 Å². The van der Waals surface area contributed by atoms with Crippen molar-refractivity contribution in [1.29, 1.82) is 0 Å². The van der Waals surface area contributed by atoms with Crippen molar-refractivity contribution >= 4 is 11.5 Å². The van der Waals surface area contributed by atoms with E-state index in [2.05, 4.69) is 28.6 Å². The van der Waals surface area contributed by atoms with Gasteiger partial charge in [-0.2, -0.15) is 5.10 Å². The van der Waals surface area contributed by atoms with Gasteiger partial charge in [0.25, 0.3) is 0 Å². The monoisotopic (exact) mass is 326 g/mol. The molecule has 0 fully saturated rings. The Hall–Kier alpha value is -2.76. The van der Waals surface area contributed by atoms with Gasteiger partial charge in [0.15, 0.2) is 0 Å². The summed E-state index contributed by atoms with van der Waals surface area (Å²) in [7, 11) is 1.91. The van der Waals surface area contributed by atoms with E-state index in [1.807, 2.05) is 45.1 Å². The highest BCUT2D eigenvalue weighted by Gasteiger charge is 2.31. The summed E-state index contributed by atoms with van der Waals surface area (Å²) < 4.78 is 0. The Morgan fingerprint density at radius 2 is 2.04 bits per heavy atom. The number of hydrogen-bond acceptors (Lipinski definition) is 6. The van der Waals surface area contributed by atoms with Crippen LogP contribution in [0.2, 0.25) is 0 Å².